The van der Waals surface area contributed by atoms with Gasteiger partial charge in [-0.1, -0.05) is 6.08 Å². The van der Waals surface area contributed by atoms with Crippen LogP contribution >= 0.6 is 11.8 Å². The molecule has 0 amide bonds. The largest absolute Gasteiger partial charge is 0.240 e. The van der Waals surface area contributed by atoms with E-state index in [1.807, 2.05) is 6.07 Å². The number of nitrogens with one attached hydrogen (secondary N) is 1. The van der Waals surface area contributed by atoms with Crippen LogP contribution in [-0.4, -0.2) is 20.7 Å². The molecule has 1 aliphatic heterocycles. The fourth-order valence-corrected chi connectivity index (χ4v) is 3.82. The summed E-state index contributed by atoms with van der Waals surface area (Å²) in [5.41, 5.74) is 1.14. The fraction of sp³-hybridized carbons (Fsp3) is 0.333. The lowest BCUT2D eigenvalue weighted by molar-refractivity contribution is 0.585. The summed E-state index contributed by atoms with van der Waals surface area (Å²) in [6.07, 6.45) is 3.61. The van der Waals surface area contributed by atoms with E-state index in [1.165, 1.54) is 11.0 Å². The zero-order valence-electron chi connectivity index (χ0n) is 9.48. The maximum absolute atomic E-state index is 11.9. The Morgan fingerprint density at radius 2 is 2.29 bits per heavy atom. The highest BCUT2D eigenvalue weighted by Crippen LogP contribution is 2.31. The number of hydrogen-bond donors (Lipinski definition) is 1. The topological polar surface area (TPSA) is 46.2 Å². The molecule has 1 aromatic carbocycles. The van der Waals surface area contributed by atoms with Crippen molar-refractivity contribution in [2.45, 2.75) is 22.6 Å². The second kappa shape index (κ2) is 5.25. The van der Waals surface area contributed by atoms with Gasteiger partial charge in [0.15, 0.2) is 0 Å². The number of hydrogen-bond acceptors (Lipinski definition) is 3. The Bertz CT molecular complexity index is 523. The molecule has 0 unspecified atom stereocenters. The molecule has 0 radical (unpaired) electrons. The first-order chi connectivity index (χ1) is 8.13. The number of fused-ring (bicyclic) bond motifs is 1. The van der Waals surface area contributed by atoms with E-state index < -0.39 is 10.0 Å². The van der Waals surface area contributed by atoms with Crippen LogP contribution in [0, 0.1) is 0 Å². The lowest BCUT2D eigenvalue weighted by atomic mass is 10.1. The molecule has 0 aliphatic carbocycles. The Balaban J connectivity index is 2.30. The minimum absolute atomic E-state index is 0.258. The van der Waals surface area contributed by atoms with Crippen LogP contribution in [0.5, 0.6) is 0 Å². The number of benzene rings is 1. The Hall–Kier alpha value is -0.780. The Kier molecular flexibility index (Phi) is 3.91. The summed E-state index contributed by atoms with van der Waals surface area (Å²) >= 11 is 1.79. The minimum atomic E-state index is -3.39. The lowest BCUT2D eigenvalue weighted by Gasteiger charge is -2.16. The normalized spacial score (nSPS) is 15.3. The van der Waals surface area contributed by atoms with Gasteiger partial charge in [0.25, 0.3) is 0 Å². The second-order valence-corrected chi connectivity index (χ2v) is 6.77. The predicted molar refractivity (Wildman–Crippen MR) is 70.9 cm³/mol. The first-order valence-electron chi connectivity index (χ1n) is 5.50. The molecular weight excluding hydrogens is 254 g/mol. The minimum Gasteiger partial charge on any atom is -0.207 e. The number of sulfonamides is 1. The quantitative estimate of drug-likeness (QED) is 0.852. The van der Waals surface area contributed by atoms with Crippen molar-refractivity contribution >= 4 is 21.8 Å². The fourth-order valence-electron chi connectivity index (χ4n) is 1.76. The van der Waals surface area contributed by atoms with Crippen LogP contribution in [0.25, 0.3) is 0 Å². The van der Waals surface area contributed by atoms with Crippen molar-refractivity contribution in [1.82, 2.24) is 4.72 Å². The van der Waals surface area contributed by atoms with Gasteiger partial charge in [-0.2, -0.15) is 0 Å². The van der Waals surface area contributed by atoms with E-state index in [4.69, 9.17) is 0 Å². The summed E-state index contributed by atoms with van der Waals surface area (Å²) < 4.78 is 26.3. The highest BCUT2D eigenvalue weighted by Gasteiger charge is 2.16. The molecule has 1 aliphatic rings. The molecule has 17 heavy (non-hydrogen) atoms. The van der Waals surface area contributed by atoms with Crippen molar-refractivity contribution in [1.29, 1.82) is 0 Å². The molecule has 0 aromatic heterocycles. The Morgan fingerprint density at radius 1 is 1.47 bits per heavy atom. The molecule has 0 saturated heterocycles. The van der Waals surface area contributed by atoms with Crippen LogP contribution in [-0.2, 0) is 16.4 Å². The van der Waals surface area contributed by atoms with Crippen LogP contribution in [0.15, 0.2) is 40.6 Å². The average Bonchev–Trinajstić information content (AvgIpc) is 2.36. The Morgan fingerprint density at radius 3 is 3.06 bits per heavy atom. The van der Waals surface area contributed by atoms with Gasteiger partial charge in [-0.15, -0.1) is 18.3 Å². The molecule has 5 heteroatoms. The first kappa shape index (κ1) is 12.7. The van der Waals surface area contributed by atoms with Gasteiger partial charge in [-0.3, -0.25) is 0 Å². The van der Waals surface area contributed by atoms with E-state index >= 15 is 0 Å². The van der Waals surface area contributed by atoms with Crippen molar-refractivity contribution in [2.24, 2.45) is 0 Å². The van der Waals surface area contributed by atoms with Gasteiger partial charge >= 0.3 is 0 Å². The highest BCUT2D eigenvalue weighted by molar-refractivity contribution is 7.99. The van der Waals surface area contributed by atoms with Gasteiger partial charge in [-0.05, 0) is 42.4 Å². The van der Waals surface area contributed by atoms with E-state index in [0.717, 1.165) is 24.2 Å². The van der Waals surface area contributed by atoms with Gasteiger partial charge < -0.3 is 0 Å². The summed E-state index contributed by atoms with van der Waals surface area (Å²) in [7, 11) is -3.39. The van der Waals surface area contributed by atoms with Crippen molar-refractivity contribution < 1.29 is 8.42 Å². The molecule has 1 heterocycles. The van der Waals surface area contributed by atoms with Crippen molar-refractivity contribution in [3.63, 3.8) is 0 Å². The third kappa shape index (κ3) is 2.91. The van der Waals surface area contributed by atoms with Crippen LogP contribution < -0.4 is 4.72 Å². The summed E-state index contributed by atoms with van der Waals surface area (Å²) in [5.74, 6) is 1.12. The summed E-state index contributed by atoms with van der Waals surface area (Å²) in [6, 6.07) is 5.36. The molecule has 0 spiro atoms. The average molecular weight is 269 g/mol. The van der Waals surface area contributed by atoms with Crippen LogP contribution in [0.3, 0.4) is 0 Å². The molecule has 1 aromatic rings. The van der Waals surface area contributed by atoms with Crippen LogP contribution in [0.2, 0.25) is 0 Å². The van der Waals surface area contributed by atoms with E-state index in [2.05, 4.69) is 11.3 Å². The van der Waals surface area contributed by atoms with Crippen molar-refractivity contribution in [3.05, 3.63) is 36.4 Å². The van der Waals surface area contributed by atoms with Crippen LogP contribution in [0.1, 0.15) is 12.0 Å². The summed E-state index contributed by atoms with van der Waals surface area (Å²) in [5, 5.41) is 0. The van der Waals surface area contributed by atoms with E-state index in [9.17, 15) is 8.42 Å². The van der Waals surface area contributed by atoms with Gasteiger partial charge in [0.2, 0.25) is 10.0 Å². The number of thioether (sulfide) groups is 1. The van der Waals surface area contributed by atoms with Gasteiger partial charge in [-0.25, -0.2) is 13.1 Å². The van der Waals surface area contributed by atoms with Gasteiger partial charge in [0.05, 0.1) is 4.90 Å². The maximum Gasteiger partial charge on any atom is 0.240 e. The van der Waals surface area contributed by atoms with Crippen molar-refractivity contribution in [3.8, 4) is 0 Å². The zero-order valence-corrected chi connectivity index (χ0v) is 11.1. The number of aryl methyl sites for hydroxylation is 1. The van der Waals surface area contributed by atoms with E-state index in [-0.39, 0.29) is 6.54 Å². The van der Waals surface area contributed by atoms with E-state index in [0.29, 0.717) is 4.90 Å². The molecule has 0 saturated carbocycles. The molecule has 0 bridgehead atoms. The lowest BCUT2D eigenvalue weighted by Crippen LogP contribution is -2.23. The molecule has 0 fully saturated rings. The first-order valence-corrected chi connectivity index (χ1v) is 7.96. The summed E-state index contributed by atoms with van der Waals surface area (Å²) in [4.78, 5) is 1.56. The Labute approximate surface area is 106 Å². The smallest absolute Gasteiger partial charge is 0.207 e. The third-order valence-corrected chi connectivity index (χ3v) is 5.23. The molecule has 92 valence electrons. The molecule has 2 rings (SSSR count). The number of rotatable bonds is 4. The highest BCUT2D eigenvalue weighted by atomic mass is 32.2. The van der Waals surface area contributed by atoms with Gasteiger partial charge in [0.1, 0.15) is 0 Å². The summed E-state index contributed by atoms with van der Waals surface area (Å²) in [6.45, 7) is 3.76. The van der Waals surface area contributed by atoms with Crippen molar-refractivity contribution in [2.75, 3.05) is 12.3 Å². The standard InChI is InChI=1S/C12H15NO2S2/c1-2-7-13-17(14,15)11-5-6-12-10(9-11)4-3-8-16-12/h2,5-6,9,13H,1,3-4,7-8H2. The zero-order chi connectivity index (χ0) is 12.3. The molecule has 0 atom stereocenters. The van der Waals surface area contributed by atoms with E-state index in [1.54, 1.807) is 23.9 Å². The predicted octanol–water partition coefficient (Wildman–Crippen LogP) is 2.19. The molecule has 1 N–H and O–H groups in total. The third-order valence-electron chi connectivity index (χ3n) is 2.61. The molecular formula is C12H15NO2S2. The van der Waals surface area contributed by atoms with Crippen LogP contribution in [0.4, 0.5) is 0 Å². The maximum atomic E-state index is 11.9. The monoisotopic (exact) mass is 269 g/mol. The molecule has 3 nitrogen and oxygen atoms in total. The SMILES string of the molecule is C=CCNS(=O)(=O)c1ccc2c(c1)CCCS2. The second-order valence-electron chi connectivity index (χ2n) is 3.86. The van der Waals surface area contributed by atoms with Gasteiger partial charge in [0, 0.05) is 11.4 Å².